The van der Waals surface area contributed by atoms with Gasteiger partial charge in [0.25, 0.3) is 0 Å². The topological polar surface area (TPSA) is 52.6 Å². The van der Waals surface area contributed by atoms with Crippen LogP contribution >= 0.6 is 0 Å². The lowest BCUT2D eigenvalue weighted by molar-refractivity contribution is -0.190. The minimum atomic E-state index is -0.561. The van der Waals surface area contributed by atoms with Crippen LogP contribution in [0.4, 0.5) is 0 Å². The number of ether oxygens (including phenoxy) is 2. The van der Waals surface area contributed by atoms with Gasteiger partial charge >= 0.3 is 11.9 Å². The van der Waals surface area contributed by atoms with Crippen molar-refractivity contribution in [2.24, 2.45) is 17.3 Å². The predicted molar refractivity (Wildman–Crippen MR) is 119 cm³/mol. The van der Waals surface area contributed by atoms with Gasteiger partial charge in [0.15, 0.2) is 6.61 Å². The maximum absolute atomic E-state index is 12.7. The Morgan fingerprint density at radius 2 is 1.24 bits per heavy atom. The molecule has 0 aromatic carbocycles. The van der Waals surface area contributed by atoms with E-state index in [0.717, 1.165) is 32.1 Å². The highest BCUT2D eigenvalue weighted by Crippen LogP contribution is 2.47. The van der Waals surface area contributed by atoms with Gasteiger partial charge in [-0.15, -0.1) is 0 Å². The molecule has 2 saturated carbocycles. The zero-order valence-corrected chi connectivity index (χ0v) is 20.0. The van der Waals surface area contributed by atoms with E-state index in [1.807, 2.05) is 34.6 Å². The molecule has 2 aliphatic carbocycles. The smallest absolute Gasteiger partial charge is 0.344 e. The van der Waals surface area contributed by atoms with Crippen molar-refractivity contribution in [2.75, 3.05) is 6.61 Å². The molecule has 0 saturated heterocycles. The summed E-state index contributed by atoms with van der Waals surface area (Å²) in [6.07, 6.45) is 13.7. The molecular formula is C25H46O4. The molecule has 0 aromatic heterocycles. The second kappa shape index (κ2) is 12.6. The summed E-state index contributed by atoms with van der Waals surface area (Å²) in [5, 5.41) is 0. The van der Waals surface area contributed by atoms with Gasteiger partial charge in [-0.25, -0.2) is 4.79 Å². The van der Waals surface area contributed by atoms with Crippen molar-refractivity contribution >= 4 is 11.9 Å². The van der Waals surface area contributed by atoms with Gasteiger partial charge in [0, 0.05) is 0 Å². The van der Waals surface area contributed by atoms with Crippen molar-refractivity contribution in [2.45, 2.75) is 124 Å². The zero-order chi connectivity index (χ0) is 21.9. The van der Waals surface area contributed by atoms with Crippen LogP contribution in [0.2, 0.25) is 0 Å². The Kier molecular flexibility index (Phi) is 11.3. The van der Waals surface area contributed by atoms with E-state index in [9.17, 15) is 9.59 Å². The largest absolute Gasteiger partial charge is 0.456 e. The third-order valence-corrected chi connectivity index (χ3v) is 7.21. The molecule has 2 aliphatic rings. The number of hydrogen-bond donors (Lipinski definition) is 0. The Morgan fingerprint density at radius 3 is 1.62 bits per heavy atom. The summed E-state index contributed by atoms with van der Waals surface area (Å²) >= 11 is 0. The molecular weight excluding hydrogens is 364 g/mol. The lowest BCUT2D eigenvalue weighted by Gasteiger charge is -2.48. The third-order valence-electron chi connectivity index (χ3n) is 7.21. The molecule has 170 valence electrons. The second-order valence-corrected chi connectivity index (χ2v) is 9.27. The number of carbonyl (C=O) groups is 2. The molecule has 0 bridgehead atoms. The van der Waals surface area contributed by atoms with E-state index >= 15 is 0 Å². The van der Waals surface area contributed by atoms with Crippen LogP contribution in [0.25, 0.3) is 0 Å². The molecule has 0 aromatic rings. The zero-order valence-electron chi connectivity index (χ0n) is 20.0. The minimum absolute atomic E-state index is 0.260. The molecule has 4 nitrogen and oxygen atoms in total. The summed E-state index contributed by atoms with van der Waals surface area (Å²) in [4.78, 5) is 24.9. The molecule has 0 spiro atoms. The van der Waals surface area contributed by atoms with Crippen LogP contribution in [0.5, 0.6) is 0 Å². The van der Waals surface area contributed by atoms with E-state index < -0.39 is 5.41 Å². The lowest BCUT2D eigenvalue weighted by Crippen LogP contribution is -2.50. The Bertz CT molecular complexity index is 467. The first kappa shape index (κ1) is 26.0. The first-order valence-electron chi connectivity index (χ1n) is 12.2. The van der Waals surface area contributed by atoms with Crippen LogP contribution in [-0.4, -0.2) is 24.1 Å². The summed E-state index contributed by atoms with van der Waals surface area (Å²) in [5.41, 5.74) is -0.931. The summed E-state index contributed by atoms with van der Waals surface area (Å²) in [7, 11) is 0. The SMILES string of the molecule is CC.CCC(C)(C)C(=O)OCC(=O)OC(CC)(C1CCCCC1)C1CCCCC1. The predicted octanol–water partition coefficient (Wildman–Crippen LogP) is 6.84. The standard InChI is InChI=1S/C23H40O4.C2H6/c1-5-22(3,4)21(25)26-17-20(24)27-23(6-2,18-13-9-7-10-14-18)19-15-11-8-12-16-19;1-2/h18-19H,5-17H2,1-4H3;1-2H3. The molecule has 2 rings (SSSR count). The summed E-state index contributed by atoms with van der Waals surface area (Å²) in [6, 6.07) is 0. The fourth-order valence-electron chi connectivity index (χ4n) is 5.04. The number of esters is 2. The van der Waals surface area contributed by atoms with Gasteiger partial charge in [-0.2, -0.15) is 0 Å². The minimum Gasteiger partial charge on any atom is -0.456 e. The molecule has 0 heterocycles. The van der Waals surface area contributed by atoms with E-state index in [0.29, 0.717) is 18.3 Å². The fourth-order valence-corrected chi connectivity index (χ4v) is 5.04. The first-order valence-corrected chi connectivity index (χ1v) is 12.2. The maximum atomic E-state index is 12.7. The van der Waals surface area contributed by atoms with Crippen molar-refractivity contribution in [3.63, 3.8) is 0 Å². The van der Waals surface area contributed by atoms with E-state index in [2.05, 4.69) is 6.92 Å². The summed E-state index contributed by atoms with van der Waals surface area (Å²) < 4.78 is 11.6. The average Bonchev–Trinajstić information content (AvgIpc) is 2.78. The van der Waals surface area contributed by atoms with Crippen molar-refractivity contribution in [1.82, 2.24) is 0 Å². The monoisotopic (exact) mass is 410 g/mol. The van der Waals surface area contributed by atoms with Crippen LogP contribution in [0.15, 0.2) is 0 Å². The van der Waals surface area contributed by atoms with Gasteiger partial charge in [-0.1, -0.05) is 66.2 Å². The van der Waals surface area contributed by atoms with Gasteiger partial charge in [-0.05, 0) is 64.2 Å². The quantitative estimate of drug-likeness (QED) is 0.411. The Hall–Kier alpha value is -1.06. The Morgan fingerprint density at radius 1 is 0.793 bits per heavy atom. The molecule has 0 radical (unpaired) electrons. The van der Waals surface area contributed by atoms with E-state index in [-0.39, 0.29) is 24.1 Å². The fraction of sp³-hybridized carbons (Fsp3) is 0.920. The van der Waals surface area contributed by atoms with Gasteiger partial charge in [0.2, 0.25) is 0 Å². The van der Waals surface area contributed by atoms with Crippen LogP contribution in [0, 0.1) is 17.3 Å². The number of rotatable bonds is 8. The summed E-state index contributed by atoms with van der Waals surface area (Å²) in [6.45, 7) is 11.6. The van der Waals surface area contributed by atoms with Crippen LogP contribution in [0.3, 0.4) is 0 Å². The molecule has 0 unspecified atom stereocenters. The maximum Gasteiger partial charge on any atom is 0.344 e. The Balaban J connectivity index is 0.00000204. The van der Waals surface area contributed by atoms with Crippen molar-refractivity contribution in [1.29, 1.82) is 0 Å². The van der Waals surface area contributed by atoms with Crippen LogP contribution in [-0.2, 0) is 19.1 Å². The number of carbonyl (C=O) groups excluding carboxylic acids is 2. The van der Waals surface area contributed by atoms with Crippen LogP contribution < -0.4 is 0 Å². The third kappa shape index (κ3) is 7.00. The normalized spacial score (nSPS) is 19.1. The van der Waals surface area contributed by atoms with Gasteiger partial charge in [-0.3, -0.25) is 4.79 Å². The average molecular weight is 411 g/mol. The van der Waals surface area contributed by atoms with E-state index in [1.165, 1.54) is 38.5 Å². The van der Waals surface area contributed by atoms with Crippen molar-refractivity contribution < 1.29 is 19.1 Å². The van der Waals surface area contributed by atoms with Crippen molar-refractivity contribution in [3.05, 3.63) is 0 Å². The highest BCUT2D eigenvalue weighted by molar-refractivity contribution is 5.80. The van der Waals surface area contributed by atoms with Gasteiger partial charge in [0.05, 0.1) is 5.41 Å². The van der Waals surface area contributed by atoms with Crippen molar-refractivity contribution in [3.8, 4) is 0 Å². The molecule has 2 fully saturated rings. The van der Waals surface area contributed by atoms with E-state index in [4.69, 9.17) is 9.47 Å². The summed E-state index contributed by atoms with van der Waals surface area (Å²) in [5.74, 6) is 0.213. The molecule has 0 amide bonds. The van der Waals surface area contributed by atoms with Crippen LogP contribution in [0.1, 0.15) is 119 Å². The highest BCUT2D eigenvalue weighted by atomic mass is 16.6. The molecule has 4 heteroatoms. The Labute approximate surface area is 179 Å². The molecule has 29 heavy (non-hydrogen) atoms. The first-order chi connectivity index (χ1) is 13.9. The van der Waals surface area contributed by atoms with E-state index in [1.54, 1.807) is 0 Å². The second-order valence-electron chi connectivity index (χ2n) is 9.27. The van der Waals surface area contributed by atoms with Gasteiger partial charge in [0.1, 0.15) is 5.60 Å². The molecule has 0 N–H and O–H groups in total. The number of hydrogen-bond acceptors (Lipinski definition) is 4. The molecule has 0 atom stereocenters. The van der Waals surface area contributed by atoms with Gasteiger partial charge < -0.3 is 9.47 Å². The lowest BCUT2D eigenvalue weighted by atomic mass is 9.65. The highest BCUT2D eigenvalue weighted by Gasteiger charge is 2.47. The molecule has 0 aliphatic heterocycles.